The lowest BCUT2D eigenvalue weighted by molar-refractivity contribution is 0.0992. The molecule has 3 N–H and O–H groups in total. The molecular formula is C13H27IN4O3S. The molecule has 0 radical (unpaired) electrons. The number of rotatable bonds is 6. The summed E-state index contributed by atoms with van der Waals surface area (Å²) in [4.78, 5) is 4.14. The summed E-state index contributed by atoms with van der Waals surface area (Å²) >= 11 is 0. The zero-order valence-corrected chi connectivity index (χ0v) is 16.5. The molecule has 2 bridgehead atoms. The van der Waals surface area contributed by atoms with Gasteiger partial charge in [0.15, 0.2) is 5.96 Å². The van der Waals surface area contributed by atoms with Gasteiger partial charge in [0.05, 0.1) is 24.0 Å². The van der Waals surface area contributed by atoms with Crippen molar-refractivity contribution >= 4 is 40.0 Å². The topological polar surface area (TPSA) is 91.8 Å². The summed E-state index contributed by atoms with van der Waals surface area (Å²) in [5.74, 6) is 0.662. The van der Waals surface area contributed by atoms with Crippen molar-refractivity contribution < 1.29 is 13.2 Å². The van der Waals surface area contributed by atoms with Gasteiger partial charge in [-0.3, -0.25) is 4.99 Å². The highest BCUT2D eigenvalue weighted by Gasteiger charge is 2.41. The van der Waals surface area contributed by atoms with Crippen LogP contribution in [-0.4, -0.2) is 58.0 Å². The van der Waals surface area contributed by atoms with Gasteiger partial charge in [0.25, 0.3) is 0 Å². The average Bonchev–Trinajstić information content (AvgIpc) is 2.97. The predicted molar refractivity (Wildman–Crippen MR) is 98.3 cm³/mol. The van der Waals surface area contributed by atoms with E-state index in [1.54, 1.807) is 20.9 Å². The highest BCUT2D eigenvalue weighted by Crippen LogP contribution is 2.34. The molecule has 2 heterocycles. The highest BCUT2D eigenvalue weighted by molar-refractivity contribution is 14.0. The van der Waals surface area contributed by atoms with Gasteiger partial charge in [-0.15, -0.1) is 24.0 Å². The third-order valence-electron chi connectivity index (χ3n) is 3.73. The van der Waals surface area contributed by atoms with Crippen LogP contribution in [0.5, 0.6) is 0 Å². The van der Waals surface area contributed by atoms with E-state index in [1.165, 1.54) is 0 Å². The standard InChI is InChI=1S/C13H26N4O3S.HI/c1-9(2)17-21(18,19)7-6-15-13(14-3)16-11-8-10-4-5-12(11)20-10;/h9-12,17H,4-8H2,1-3H3,(H2,14,15,16);1H. The molecule has 0 spiro atoms. The number of hydrogen-bond acceptors (Lipinski definition) is 4. The van der Waals surface area contributed by atoms with E-state index < -0.39 is 10.0 Å². The van der Waals surface area contributed by atoms with Crippen LogP contribution in [0.25, 0.3) is 0 Å². The minimum atomic E-state index is -3.24. The lowest BCUT2D eigenvalue weighted by Gasteiger charge is -2.22. The monoisotopic (exact) mass is 446 g/mol. The number of sulfonamides is 1. The number of halogens is 1. The molecule has 9 heteroatoms. The Bertz CT molecular complexity index is 484. The van der Waals surface area contributed by atoms with Crippen molar-refractivity contribution in [3.05, 3.63) is 0 Å². The molecule has 0 aliphatic carbocycles. The van der Waals surface area contributed by atoms with Crippen molar-refractivity contribution in [3.63, 3.8) is 0 Å². The van der Waals surface area contributed by atoms with Gasteiger partial charge >= 0.3 is 0 Å². The number of fused-ring (bicyclic) bond motifs is 2. The second kappa shape index (κ2) is 8.65. The molecule has 2 saturated heterocycles. The van der Waals surface area contributed by atoms with Crippen LogP contribution in [0.15, 0.2) is 4.99 Å². The van der Waals surface area contributed by atoms with Gasteiger partial charge in [0.2, 0.25) is 10.0 Å². The van der Waals surface area contributed by atoms with Crippen molar-refractivity contribution in [1.29, 1.82) is 0 Å². The van der Waals surface area contributed by atoms with Gasteiger partial charge in [-0.05, 0) is 33.1 Å². The number of aliphatic imine (C=N–C) groups is 1. The lowest BCUT2D eigenvalue weighted by atomic mass is 9.96. The molecule has 2 fully saturated rings. The maximum absolute atomic E-state index is 11.7. The maximum Gasteiger partial charge on any atom is 0.213 e. The Balaban J connectivity index is 0.00000242. The first-order valence-corrected chi connectivity index (χ1v) is 9.17. The molecule has 130 valence electrons. The molecule has 0 aromatic carbocycles. The first-order valence-electron chi connectivity index (χ1n) is 7.52. The Morgan fingerprint density at radius 2 is 2.09 bits per heavy atom. The molecule has 7 nitrogen and oxygen atoms in total. The fourth-order valence-electron chi connectivity index (χ4n) is 2.88. The van der Waals surface area contributed by atoms with Gasteiger partial charge in [-0.25, -0.2) is 13.1 Å². The van der Waals surface area contributed by atoms with Gasteiger partial charge in [-0.1, -0.05) is 0 Å². The molecule has 2 aliphatic rings. The van der Waals surface area contributed by atoms with Crippen LogP contribution in [0.2, 0.25) is 0 Å². The Morgan fingerprint density at radius 1 is 1.36 bits per heavy atom. The normalized spacial score (nSPS) is 27.8. The van der Waals surface area contributed by atoms with Gasteiger partial charge in [0, 0.05) is 19.6 Å². The highest BCUT2D eigenvalue weighted by atomic mass is 127. The van der Waals surface area contributed by atoms with Crippen LogP contribution < -0.4 is 15.4 Å². The van der Waals surface area contributed by atoms with Crippen LogP contribution >= 0.6 is 24.0 Å². The van der Waals surface area contributed by atoms with E-state index in [0.717, 1.165) is 19.3 Å². The van der Waals surface area contributed by atoms with Gasteiger partial charge in [-0.2, -0.15) is 0 Å². The summed E-state index contributed by atoms with van der Waals surface area (Å²) in [6.45, 7) is 3.94. The summed E-state index contributed by atoms with van der Waals surface area (Å²) in [6.07, 6.45) is 3.87. The predicted octanol–water partition coefficient (Wildman–Crippen LogP) is 0.417. The fraction of sp³-hybridized carbons (Fsp3) is 0.923. The first-order chi connectivity index (χ1) is 9.89. The van der Waals surface area contributed by atoms with E-state index in [-0.39, 0.29) is 47.9 Å². The second-order valence-corrected chi connectivity index (χ2v) is 7.82. The molecule has 0 amide bonds. The smallest absolute Gasteiger partial charge is 0.213 e. The van der Waals surface area contributed by atoms with Crippen LogP contribution in [0, 0.1) is 0 Å². The third kappa shape index (κ3) is 5.82. The lowest BCUT2D eigenvalue weighted by Crippen LogP contribution is -2.48. The van der Waals surface area contributed by atoms with E-state index in [1.807, 2.05) is 0 Å². The van der Waals surface area contributed by atoms with Crippen molar-refractivity contribution in [2.75, 3.05) is 19.3 Å². The summed E-state index contributed by atoms with van der Waals surface area (Å²) in [6, 6.07) is 0.193. The molecule has 22 heavy (non-hydrogen) atoms. The maximum atomic E-state index is 11.7. The van der Waals surface area contributed by atoms with Gasteiger partial charge in [0.1, 0.15) is 0 Å². The van der Waals surface area contributed by atoms with Crippen molar-refractivity contribution in [1.82, 2.24) is 15.4 Å². The van der Waals surface area contributed by atoms with Crippen LogP contribution in [0.3, 0.4) is 0 Å². The van der Waals surface area contributed by atoms with E-state index in [4.69, 9.17) is 4.74 Å². The molecule has 0 aromatic rings. The van der Waals surface area contributed by atoms with Crippen molar-refractivity contribution in [2.24, 2.45) is 4.99 Å². The molecule has 3 atom stereocenters. The summed E-state index contributed by atoms with van der Waals surface area (Å²) < 4.78 is 31.8. The number of ether oxygens (including phenoxy) is 1. The molecular weight excluding hydrogens is 419 g/mol. The van der Waals surface area contributed by atoms with Crippen LogP contribution in [0.4, 0.5) is 0 Å². The van der Waals surface area contributed by atoms with Crippen molar-refractivity contribution in [2.45, 2.75) is 57.4 Å². The molecule has 2 rings (SSSR count). The zero-order chi connectivity index (χ0) is 15.5. The third-order valence-corrected chi connectivity index (χ3v) is 5.30. The minimum absolute atomic E-state index is 0. The SMILES string of the molecule is CN=C(NCCS(=O)(=O)NC(C)C)NC1CC2CCC1O2.I. The summed E-state index contributed by atoms with van der Waals surface area (Å²) in [5.41, 5.74) is 0. The number of nitrogens with one attached hydrogen (secondary N) is 3. The number of nitrogens with zero attached hydrogens (tertiary/aromatic N) is 1. The zero-order valence-electron chi connectivity index (χ0n) is 13.3. The molecule has 0 aromatic heterocycles. The van der Waals surface area contributed by atoms with Crippen molar-refractivity contribution in [3.8, 4) is 0 Å². The molecule has 0 saturated carbocycles. The summed E-state index contributed by atoms with van der Waals surface area (Å²) in [5, 5.41) is 6.37. The second-order valence-electron chi connectivity index (χ2n) is 5.95. The fourth-order valence-corrected chi connectivity index (χ4v) is 4.09. The van der Waals surface area contributed by atoms with E-state index in [0.29, 0.717) is 18.6 Å². The molecule has 2 aliphatic heterocycles. The quantitative estimate of drug-likeness (QED) is 0.313. The van der Waals surface area contributed by atoms with E-state index in [2.05, 4.69) is 20.3 Å². The molecule has 3 unspecified atom stereocenters. The average molecular weight is 446 g/mol. The Kier molecular flexibility index (Phi) is 7.83. The van der Waals surface area contributed by atoms with Gasteiger partial charge < -0.3 is 15.4 Å². The van der Waals surface area contributed by atoms with E-state index in [9.17, 15) is 8.42 Å². The van der Waals surface area contributed by atoms with Crippen LogP contribution in [0.1, 0.15) is 33.1 Å². The van der Waals surface area contributed by atoms with E-state index >= 15 is 0 Å². The largest absolute Gasteiger partial charge is 0.373 e. The number of guanidine groups is 1. The Hall–Kier alpha value is -0.130. The Labute approximate surface area is 150 Å². The minimum Gasteiger partial charge on any atom is -0.373 e. The summed E-state index contributed by atoms with van der Waals surface area (Å²) in [7, 11) is -1.56. The van der Waals surface area contributed by atoms with Crippen LogP contribution in [-0.2, 0) is 14.8 Å². The number of hydrogen-bond donors (Lipinski definition) is 3. The Morgan fingerprint density at radius 3 is 2.59 bits per heavy atom. The first kappa shape index (κ1) is 19.9.